The van der Waals surface area contributed by atoms with Crippen molar-refractivity contribution in [2.75, 3.05) is 0 Å². The second kappa shape index (κ2) is 10.1. The number of benzene rings is 8. The zero-order valence-electron chi connectivity index (χ0n) is 29.2. The molecule has 1 aliphatic heterocycles. The van der Waals surface area contributed by atoms with Crippen molar-refractivity contribution >= 4 is 97.2 Å². The highest BCUT2D eigenvalue weighted by Gasteiger charge is 2.33. The minimum Gasteiger partial charge on any atom is -0.309 e. The molecular formula is C48H28N4O2S. The molecule has 7 heteroatoms. The fourth-order valence-electron chi connectivity index (χ4n) is 9.68. The molecule has 0 fully saturated rings. The number of hydrogen-bond acceptors (Lipinski definition) is 2. The van der Waals surface area contributed by atoms with Gasteiger partial charge in [0.15, 0.2) is 0 Å². The molecule has 6 nitrogen and oxygen atoms in total. The lowest BCUT2D eigenvalue weighted by molar-refractivity contribution is 0.590. The molecule has 0 N–H and O–H groups in total. The number of para-hydroxylation sites is 5. The third-order valence-corrected chi connectivity index (χ3v) is 13.6. The molecule has 0 unspecified atom stereocenters. The molecule has 0 saturated carbocycles. The average Bonchev–Trinajstić information content (AvgIpc) is 3.94. The quantitative estimate of drug-likeness (QED) is 0.178. The van der Waals surface area contributed by atoms with E-state index in [-0.39, 0.29) is 4.90 Å². The van der Waals surface area contributed by atoms with Crippen LogP contribution in [0.1, 0.15) is 0 Å². The Bertz CT molecular complexity index is 3700. The van der Waals surface area contributed by atoms with E-state index in [1.54, 1.807) is 10.0 Å². The van der Waals surface area contributed by atoms with Crippen LogP contribution in [0.3, 0.4) is 0 Å². The van der Waals surface area contributed by atoms with Crippen LogP contribution in [-0.2, 0) is 10.0 Å². The van der Waals surface area contributed by atoms with Gasteiger partial charge in [-0.1, -0.05) is 97.1 Å². The largest absolute Gasteiger partial charge is 0.309 e. The maximum atomic E-state index is 15.0. The Balaban J connectivity index is 1.16. The summed E-state index contributed by atoms with van der Waals surface area (Å²) in [6.07, 6.45) is 0. The van der Waals surface area contributed by atoms with E-state index in [1.807, 2.05) is 24.3 Å². The molecule has 5 heterocycles. The van der Waals surface area contributed by atoms with Crippen LogP contribution in [0.25, 0.3) is 104 Å². The fraction of sp³-hybridized carbons (Fsp3) is 0. The predicted octanol–water partition coefficient (Wildman–Crippen LogP) is 11.6. The molecule has 0 saturated heterocycles. The van der Waals surface area contributed by atoms with Crippen LogP contribution in [0.5, 0.6) is 0 Å². The SMILES string of the molecule is O=S1(=O)c2ccccc2-n2c3ccc(-n4c5ccccc5c5ccccc54)cc3c3ccc4c5cc(-n6c7ccccc7c7ccccc76)ccc5n1c4c32. The Morgan fingerprint density at radius 1 is 0.327 bits per heavy atom. The van der Waals surface area contributed by atoms with Crippen LogP contribution < -0.4 is 0 Å². The highest BCUT2D eigenvalue weighted by Crippen LogP contribution is 2.46. The lowest BCUT2D eigenvalue weighted by Gasteiger charge is -2.13. The van der Waals surface area contributed by atoms with Gasteiger partial charge in [0.25, 0.3) is 10.0 Å². The molecule has 55 heavy (non-hydrogen) atoms. The van der Waals surface area contributed by atoms with E-state index in [1.165, 1.54) is 21.5 Å². The molecule has 13 rings (SSSR count). The number of hydrogen-bond donors (Lipinski definition) is 0. The zero-order valence-corrected chi connectivity index (χ0v) is 30.0. The van der Waals surface area contributed by atoms with Gasteiger partial charge in [0.1, 0.15) is 4.90 Å². The van der Waals surface area contributed by atoms with Crippen LogP contribution in [-0.4, -0.2) is 26.1 Å². The maximum absolute atomic E-state index is 15.0. The summed E-state index contributed by atoms with van der Waals surface area (Å²) in [6, 6.07) is 58.5. The van der Waals surface area contributed by atoms with Crippen molar-refractivity contribution in [3.05, 3.63) is 170 Å². The van der Waals surface area contributed by atoms with Gasteiger partial charge in [-0.05, 0) is 72.8 Å². The molecular weight excluding hydrogens is 697 g/mol. The minimum absolute atomic E-state index is 0.279. The summed E-state index contributed by atoms with van der Waals surface area (Å²) in [7, 11) is -4.01. The predicted molar refractivity (Wildman–Crippen MR) is 225 cm³/mol. The van der Waals surface area contributed by atoms with Gasteiger partial charge in [-0.15, -0.1) is 0 Å². The molecule has 0 spiro atoms. The first kappa shape index (κ1) is 29.4. The van der Waals surface area contributed by atoms with Crippen LogP contribution in [0.2, 0.25) is 0 Å². The van der Waals surface area contributed by atoms with Gasteiger partial charge in [0, 0.05) is 54.5 Å². The number of fused-ring (bicyclic) bond motifs is 14. The summed E-state index contributed by atoms with van der Waals surface area (Å²) in [5.74, 6) is 0. The molecule has 0 bridgehead atoms. The Labute approximate surface area is 313 Å². The van der Waals surface area contributed by atoms with Crippen molar-refractivity contribution in [2.24, 2.45) is 0 Å². The molecule has 0 radical (unpaired) electrons. The fourth-order valence-corrected chi connectivity index (χ4v) is 11.4. The molecule has 0 atom stereocenters. The van der Waals surface area contributed by atoms with E-state index in [0.29, 0.717) is 16.7 Å². The van der Waals surface area contributed by atoms with Crippen molar-refractivity contribution in [3.63, 3.8) is 0 Å². The Kier molecular flexibility index (Phi) is 5.40. The van der Waals surface area contributed by atoms with Gasteiger partial charge < -0.3 is 13.7 Å². The van der Waals surface area contributed by atoms with E-state index in [2.05, 4.69) is 153 Å². The highest BCUT2D eigenvalue weighted by molar-refractivity contribution is 7.90. The lowest BCUT2D eigenvalue weighted by atomic mass is 10.1. The van der Waals surface area contributed by atoms with E-state index in [0.717, 1.165) is 66.0 Å². The second-order valence-corrected chi connectivity index (χ2v) is 16.3. The normalized spacial score (nSPS) is 13.7. The van der Waals surface area contributed by atoms with Crippen molar-refractivity contribution in [2.45, 2.75) is 4.90 Å². The summed E-state index contributed by atoms with van der Waals surface area (Å²) in [4.78, 5) is 0.279. The van der Waals surface area contributed by atoms with Crippen LogP contribution >= 0.6 is 0 Å². The molecule has 258 valence electrons. The first-order valence-corrected chi connectivity index (χ1v) is 19.9. The van der Waals surface area contributed by atoms with Crippen molar-refractivity contribution < 1.29 is 8.42 Å². The summed E-state index contributed by atoms with van der Waals surface area (Å²) < 4.78 is 38.4. The second-order valence-electron chi connectivity index (χ2n) is 14.6. The monoisotopic (exact) mass is 724 g/mol. The van der Waals surface area contributed by atoms with E-state index < -0.39 is 10.0 Å². The molecule has 0 aliphatic carbocycles. The number of rotatable bonds is 2. The van der Waals surface area contributed by atoms with Crippen LogP contribution in [0.4, 0.5) is 0 Å². The summed E-state index contributed by atoms with van der Waals surface area (Å²) >= 11 is 0. The van der Waals surface area contributed by atoms with Crippen LogP contribution in [0.15, 0.2) is 175 Å². The van der Waals surface area contributed by atoms with Gasteiger partial charge in [0.05, 0.1) is 49.8 Å². The number of nitrogens with zero attached hydrogens (tertiary/aromatic N) is 4. The third-order valence-electron chi connectivity index (χ3n) is 11.9. The molecule has 0 amide bonds. The minimum atomic E-state index is -4.01. The Morgan fingerprint density at radius 3 is 1.29 bits per heavy atom. The maximum Gasteiger partial charge on any atom is 0.270 e. The zero-order chi connectivity index (χ0) is 36.2. The first-order valence-electron chi connectivity index (χ1n) is 18.5. The van der Waals surface area contributed by atoms with Crippen molar-refractivity contribution in [1.82, 2.24) is 17.7 Å². The van der Waals surface area contributed by atoms with Gasteiger partial charge in [-0.2, -0.15) is 0 Å². The van der Waals surface area contributed by atoms with Crippen molar-refractivity contribution in [3.8, 4) is 17.1 Å². The Hall–Kier alpha value is -7.09. The summed E-state index contributed by atoms with van der Waals surface area (Å²) in [5.41, 5.74) is 10.4. The van der Waals surface area contributed by atoms with Gasteiger partial charge in [0.2, 0.25) is 0 Å². The van der Waals surface area contributed by atoms with Gasteiger partial charge in [-0.3, -0.25) is 0 Å². The molecule has 12 aromatic rings. The molecule has 1 aliphatic rings. The third kappa shape index (κ3) is 3.56. The van der Waals surface area contributed by atoms with Crippen LogP contribution in [0, 0.1) is 0 Å². The molecule has 8 aromatic carbocycles. The topological polar surface area (TPSA) is 53.9 Å². The highest BCUT2D eigenvalue weighted by atomic mass is 32.2. The van der Waals surface area contributed by atoms with E-state index >= 15 is 8.42 Å². The molecule has 4 aromatic heterocycles. The standard InChI is InChI=1S/C48H28N4O2S/c53-55(54)46-20-10-9-19-45(46)51-43-25-21-29(49-39-15-5-1-11-31(39)32-12-2-6-16-40(32)49)27-37(43)35-23-24-36-38-28-30(22-26-44(38)52(55)48(36)47(35)51)50-41-17-7-3-13-33(41)34-14-4-8-18-42(34)50/h1-28H. The summed E-state index contributed by atoms with van der Waals surface area (Å²) in [5, 5.41) is 8.63. The van der Waals surface area contributed by atoms with Gasteiger partial charge >= 0.3 is 0 Å². The van der Waals surface area contributed by atoms with Gasteiger partial charge in [-0.25, -0.2) is 12.4 Å². The lowest BCUT2D eigenvalue weighted by Crippen LogP contribution is -2.13. The van der Waals surface area contributed by atoms with Crippen molar-refractivity contribution in [1.29, 1.82) is 0 Å². The van der Waals surface area contributed by atoms with E-state index in [4.69, 9.17) is 0 Å². The van der Waals surface area contributed by atoms with E-state index in [9.17, 15) is 0 Å². The summed E-state index contributed by atoms with van der Waals surface area (Å²) in [6.45, 7) is 0. The number of aromatic nitrogens is 4. The Morgan fingerprint density at radius 2 is 0.745 bits per heavy atom. The smallest absolute Gasteiger partial charge is 0.270 e. The average molecular weight is 725 g/mol. The first-order chi connectivity index (χ1) is 27.1.